The third kappa shape index (κ3) is 4.16. The van der Waals surface area contributed by atoms with Gasteiger partial charge in [0.2, 0.25) is 0 Å². The molecule has 208 valence electrons. The van der Waals surface area contributed by atoms with E-state index in [0.717, 1.165) is 15.5 Å². The SMILES string of the molecule is O=c1c2ccccc2nc2c3ccccc3n(-c3cccc(-c4nc(-c5ccccc5)nc(-c5ccccc5)n4)c3)c(=O)n12. The molecule has 0 fully saturated rings. The zero-order valence-electron chi connectivity index (χ0n) is 23.2. The quantitative estimate of drug-likeness (QED) is 0.181. The predicted molar refractivity (Wildman–Crippen MR) is 172 cm³/mol. The standard InChI is InChI=1S/C36H22N6O2/c43-35-27-18-7-9-20-29(27)37-34-28-19-8-10-21-30(28)41(36(44)42(34)35)26-17-11-16-25(22-26)33-39-31(23-12-3-1-4-13-23)38-32(40-33)24-14-5-2-6-15-24/h1-22H. The van der Waals surface area contributed by atoms with Crippen LogP contribution in [0.15, 0.2) is 143 Å². The van der Waals surface area contributed by atoms with Crippen LogP contribution in [0.1, 0.15) is 0 Å². The Hall–Kier alpha value is -6.28. The molecule has 0 radical (unpaired) electrons. The Labute approximate surface area is 250 Å². The first kappa shape index (κ1) is 25.4. The van der Waals surface area contributed by atoms with Gasteiger partial charge < -0.3 is 0 Å². The molecule has 3 aromatic heterocycles. The molecule has 0 unspecified atom stereocenters. The van der Waals surface area contributed by atoms with Crippen molar-refractivity contribution < 1.29 is 0 Å². The van der Waals surface area contributed by atoms with Crippen molar-refractivity contribution in [3.63, 3.8) is 0 Å². The highest BCUT2D eigenvalue weighted by Crippen LogP contribution is 2.27. The molecule has 0 bridgehead atoms. The van der Waals surface area contributed by atoms with Crippen LogP contribution in [0.2, 0.25) is 0 Å². The zero-order chi connectivity index (χ0) is 29.6. The van der Waals surface area contributed by atoms with Crippen LogP contribution >= 0.6 is 0 Å². The maximum atomic E-state index is 14.2. The molecule has 0 atom stereocenters. The summed E-state index contributed by atoms with van der Waals surface area (Å²) in [5, 5.41) is 1.06. The average Bonchev–Trinajstić information content (AvgIpc) is 3.09. The number of para-hydroxylation sites is 2. The van der Waals surface area contributed by atoms with E-state index < -0.39 is 11.2 Å². The molecule has 3 heterocycles. The van der Waals surface area contributed by atoms with Crippen LogP contribution in [0.25, 0.3) is 67.3 Å². The van der Waals surface area contributed by atoms with E-state index >= 15 is 0 Å². The number of nitrogens with zero attached hydrogens (tertiary/aromatic N) is 6. The summed E-state index contributed by atoms with van der Waals surface area (Å²) in [5.74, 6) is 1.54. The van der Waals surface area contributed by atoms with Crippen molar-refractivity contribution in [1.82, 2.24) is 28.9 Å². The highest BCUT2D eigenvalue weighted by atomic mass is 16.2. The summed E-state index contributed by atoms with van der Waals surface area (Å²) in [5.41, 5.74) is 3.55. The summed E-state index contributed by atoms with van der Waals surface area (Å²) in [6, 6.07) is 41.5. The topological polar surface area (TPSA) is 95.0 Å². The summed E-state index contributed by atoms with van der Waals surface area (Å²) in [6.07, 6.45) is 0. The molecule has 5 aromatic carbocycles. The predicted octanol–water partition coefficient (Wildman–Crippen LogP) is 6.34. The summed E-state index contributed by atoms with van der Waals surface area (Å²) in [7, 11) is 0. The van der Waals surface area contributed by atoms with Crippen molar-refractivity contribution in [1.29, 1.82) is 0 Å². The Morgan fingerprint density at radius 2 is 1.02 bits per heavy atom. The minimum atomic E-state index is -0.510. The van der Waals surface area contributed by atoms with E-state index in [9.17, 15) is 9.59 Å². The summed E-state index contributed by atoms with van der Waals surface area (Å²) < 4.78 is 2.70. The van der Waals surface area contributed by atoms with Crippen LogP contribution in [0.3, 0.4) is 0 Å². The molecular weight excluding hydrogens is 548 g/mol. The van der Waals surface area contributed by atoms with Gasteiger partial charge in [0.05, 0.1) is 22.1 Å². The fraction of sp³-hybridized carbons (Fsp3) is 0. The Morgan fingerprint density at radius 3 is 1.70 bits per heavy atom. The maximum Gasteiger partial charge on any atom is 0.342 e. The number of benzene rings is 5. The van der Waals surface area contributed by atoms with E-state index in [1.165, 1.54) is 0 Å². The molecule has 0 saturated carbocycles. The number of hydrogen-bond acceptors (Lipinski definition) is 6. The van der Waals surface area contributed by atoms with Gasteiger partial charge in [0, 0.05) is 22.1 Å². The van der Waals surface area contributed by atoms with Crippen molar-refractivity contribution in [2.24, 2.45) is 0 Å². The van der Waals surface area contributed by atoms with E-state index in [-0.39, 0.29) is 0 Å². The van der Waals surface area contributed by atoms with Gasteiger partial charge in [-0.3, -0.25) is 9.36 Å². The molecule has 0 N–H and O–H groups in total. The van der Waals surface area contributed by atoms with Crippen LogP contribution in [-0.4, -0.2) is 28.9 Å². The van der Waals surface area contributed by atoms with Gasteiger partial charge in [-0.05, 0) is 36.4 Å². The first-order chi connectivity index (χ1) is 21.7. The highest BCUT2D eigenvalue weighted by molar-refractivity contribution is 5.94. The minimum absolute atomic E-state index is 0.319. The zero-order valence-corrected chi connectivity index (χ0v) is 23.2. The van der Waals surface area contributed by atoms with Crippen molar-refractivity contribution >= 4 is 27.5 Å². The van der Waals surface area contributed by atoms with Crippen molar-refractivity contribution in [2.75, 3.05) is 0 Å². The molecule has 0 spiro atoms. The van der Waals surface area contributed by atoms with E-state index in [4.69, 9.17) is 19.9 Å². The largest absolute Gasteiger partial charge is 0.342 e. The van der Waals surface area contributed by atoms with Crippen LogP contribution in [0, 0.1) is 0 Å². The molecule has 8 heteroatoms. The fourth-order valence-electron chi connectivity index (χ4n) is 5.52. The molecule has 8 nitrogen and oxygen atoms in total. The first-order valence-corrected chi connectivity index (χ1v) is 14.1. The molecular formula is C36H22N6O2. The molecule has 0 aliphatic carbocycles. The van der Waals surface area contributed by atoms with Gasteiger partial charge in [-0.1, -0.05) is 97.1 Å². The van der Waals surface area contributed by atoms with E-state index in [2.05, 4.69) is 0 Å². The van der Waals surface area contributed by atoms with Gasteiger partial charge in [-0.15, -0.1) is 0 Å². The Bertz CT molecular complexity index is 2430. The van der Waals surface area contributed by atoms with Crippen LogP contribution < -0.4 is 11.2 Å². The molecule has 44 heavy (non-hydrogen) atoms. The van der Waals surface area contributed by atoms with Gasteiger partial charge in [0.15, 0.2) is 23.1 Å². The Morgan fingerprint density at radius 1 is 0.477 bits per heavy atom. The Kier molecular flexibility index (Phi) is 5.90. The second-order valence-electron chi connectivity index (χ2n) is 10.3. The molecule has 0 aliphatic heterocycles. The Balaban J connectivity index is 1.38. The third-order valence-electron chi connectivity index (χ3n) is 7.61. The summed E-state index contributed by atoms with van der Waals surface area (Å²) in [4.78, 5) is 47.0. The number of fused-ring (bicyclic) bond motifs is 4. The van der Waals surface area contributed by atoms with Gasteiger partial charge in [0.25, 0.3) is 5.56 Å². The smallest absolute Gasteiger partial charge is 0.268 e. The van der Waals surface area contributed by atoms with Crippen molar-refractivity contribution in [3.05, 3.63) is 154 Å². The van der Waals surface area contributed by atoms with Crippen molar-refractivity contribution in [2.45, 2.75) is 0 Å². The number of aromatic nitrogens is 6. The lowest BCUT2D eigenvalue weighted by atomic mass is 10.1. The van der Waals surface area contributed by atoms with Gasteiger partial charge in [-0.25, -0.2) is 29.1 Å². The number of rotatable bonds is 4. The van der Waals surface area contributed by atoms with Gasteiger partial charge in [-0.2, -0.15) is 0 Å². The van der Waals surface area contributed by atoms with E-state index in [1.807, 2.05) is 115 Å². The van der Waals surface area contributed by atoms with E-state index in [1.54, 1.807) is 22.8 Å². The lowest BCUT2D eigenvalue weighted by molar-refractivity contribution is 0.885. The monoisotopic (exact) mass is 570 g/mol. The molecule has 0 amide bonds. The molecule has 8 rings (SSSR count). The maximum absolute atomic E-state index is 14.2. The number of hydrogen-bond donors (Lipinski definition) is 0. The second kappa shape index (κ2) is 10.2. The van der Waals surface area contributed by atoms with Crippen LogP contribution in [-0.2, 0) is 0 Å². The van der Waals surface area contributed by atoms with Crippen LogP contribution in [0.4, 0.5) is 0 Å². The van der Waals surface area contributed by atoms with Crippen molar-refractivity contribution in [3.8, 4) is 39.9 Å². The van der Waals surface area contributed by atoms with E-state index in [0.29, 0.717) is 56.2 Å². The summed E-state index contributed by atoms with van der Waals surface area (Å²) >= 11 is 0. The normalized spacial score (nSPS) is 11.4. The second-order valence-corrected chi connectivity index (χ2v) is 10.3. The summed E-state index contributed by atoms with van der Waals surface area (Å²) in [6.45, 7) is 0. The van der Waals surface area contributed by atoms with Gasteiger partial charge in [0.1, 0.15) is 0 Å². The fourth-order valence-corrected chi connectivity index (χ4v) is 5.52. The lowest BCUT2D eigenvalue weighted by Crippen LogP contribution is -2.34. The highest BCUT2D eigenvalue weighted by Gasteiger charge is 2.18. The first-order valence-electron chi connectivity index (χ1n) is 14.1. The van der Waals surface area contributed by atoms with Gasteiger partial charge >= 0.3 is 5.69 Å². The minimum Gasteiger partial charge on any atom is -0.268 e. The third-order valence-corrected chi connectivity index (χ3v) is 7.61. The molecule has 0 saturated heterocycles. The molecule has 8 aromatic rings. The van der Waals surface area contributed by atoms with Crippen LogP contribution in [0.5, 0.6) is 0 Å². The lowest BCUT2D eigenvalue weighted by Gasteiger charge is -2.15. The average molecular weight is 571 g/mol. The molecule has 0 aliphatic rings.